The fraction of sp³-hybridized carbons (Fsp3) is 0.500. The van der Waals surface area contributed by atoms with Crippen molar-refractivity contribution in [1.29, 1.82) is 0 Å². The Morgan fingerprint density at radius 3 is 2.74 bits per heavy atom. The van der Waals surface area contributed by atoms with E-state index in [1.54, 1.807) is 18.2 Å². The standard InChI is InChI=1S/C20H22N4O6S/c25-15-5-4-14(17(26)23-15)24-18(27)13-3-1-2-11(16(13)19(24)28)6-22-20-9-21-7-12(20)8-31(29,30)10-20/h1-3,12,14,21-22H,4-10H2,(H,23,25,26)/t12-,14?,20-/m0/s1. The summed E-state index contributed by atoms with van der Waals surface area (Å²) >= 11 is 0. The molecule has 4 amide bonds. The topological polar surface area (TPSA) is 142 Å². The molecular weight excluding hydrogens is 424 g/mol. The largest absolute Gasteiger partial charge is 0.314 e. The van der Waals surface area contributed by atoms with E-state index >= 15 is 0 Å². The molecule has 4 aliphatic rings. The van der Waals surface area contributed by atoms with Crippen LogP contribution >= 0.6 is 0 Å². The Hall–Kier alpha value is -2.63. The van der Waals surface area contributed by atoms with Crippen LogP contribution in [0.1, 0.15) is 39.1 Å². The Balaban J connectivity index is 1.41. The minimum Gasteiger partial charge on any atom is -0.314 e. The zero-order valence-electron chi connectivity index (χ0n) is 16.6. The summed E-state index contributed by atoms with van der Waals surface area (Å²) in [4.78, 5) is 50.8. The van der Waals surface area contributed by atoms with Gasteiger partial charge in [-0.15, -0.1) is 0 Å². The van der Waals surface area contributed by atoms with Gasteiger partial charge in [0.2, 0.25) is 11.8 Å². The van der Waals surface area contributed by atoms with Gasteiger partial charge in [-0.2, -0.15) is 0 Å². The van der Waals surface area contributed by atoms with E-state index in [2.05, 4.69) is 16.0 Å². The van der Waals surface area contributed by atoms with Gasteiger partial charge >= 0.3 is 0 Å². The smallest absolute Gasteiger partial charge is 0.262 e. The molecule has 3 saturated heterocycles. The summed E-state index contributed by atoms with van der Waals surface area (Å²) in [5, 5.41) is 8.78. The summed E-state index contributed by atoms with van der Waals surface area (Å²) in [6, 6.07) is 3.92. The highest BCUT2D eigenvalue weighted by Gasteiger charge is 2.53. The zero-order chi connectivity index (χ0) is 22.0. The number of hydrogen-bond donors (Lipinski definition) is 3. The normalized spacial score (nSPS) is 31.7. The van der Waals surface area contributed by atoms with Gasteiger partial charge in [-0.05, 0) is 18.1 Å². The Bertz CT molecular complexity index is 1130. The minimum atomic E-state index is -3.14. The molecule has 0 radical (unpaired) electrons. The average Bonchev–Trinajstić information content (AvgIpc) is 3.28. The molecule has 10 nitrogen and oxygen atoms in total. The van der Waals surface area contributed by atoms with Crippen LogP contribution in [0.5, 0.6) is 0 Å². The Kier molecular flexibility index (Phi) is 4.54. The number of fused-ring (bicyclic) bond motifs is 2. The molecule has 31 heavy (non-hydrogen) atoms. The summed E-state index contributed by atoms with van der Waals surface area (Å²) in [6.45, 7) is 1.35. The maximum Gasteiger partial charge on any atom is 0.262 e. The van der Waals surface area contributed by atoms with Crippen molar-refractivity contribution in [2.45, 2.75) is 31.0 Å². The number of benzene rings is 1. The van der Waals surface area contributed by atoms with Gasteiger partial charge in [0.25, 0.3) is 11.8 Å². The van der Waals surface area contributed by atoms with Crippen LogP contribution in [-0.2, 0) is 26.0 Å². The second-order valence-corrected chi connectivity index (χ2v) is 10.8. The molecule has 1 aromatic carbocycles. The van der Waals surface area contributed by atoms with Crippen LogP contribution in [-0.4, -0.2) is 73.1 Å². The van der Waals surface area contributed by atoms with E-state index < -0.39 is 45.0 Å². The summed E-state index contributed by atoms with van der Waals surface area (Å²) in [7, 11) is -3.14. The highest BCUT2D eigenvalue weighted by Crippen LogP contribution is 2.34. The van der Waals surface area contributed by atoms with Crippen molar-refractivity contribution in [3.05, 3.63) is 34.9 Å². The number of sulfone groups is 1. The summed E-state index contributed by atoms with van der Waals surface area (Å²) < 4.78 is 24.4. The molecule has 4 heterocycles. The van der Waals surface area contributed by atoms with Crippen molar-refractivity contribution in [3.8, 4) is 0 Å². The lowest BCUT2D eigenvalue weighted by atomic mass is 9.90. The minimum absolute atomic E-state index is 0.0297. The first-order valence-corrected chi connectivity index (χ1v) is 12.0. The van der Waals surface area contributed by atoms with Crippen LogP contribution < -0.4 is 16.0 Å². The number of carbonyl (C=O) groups is 4. The molecular formula is C20H22N4O6S. The van der Waals surface area contributed by atoms with E-state index in [4.69, 9.17) is 0 Å². The number of amides is 4. The molecule has 3 N–H and O–H groups in total. The van der Waals surface area contributed by atoms with Gasteiger partial charge in [0.05, 0.1) is 22.6 Å². The van der Waals surface area contributed by atoms with Gasteiger partial charge in [-0.3, -0.25) is 29.4 Å². The fourth-order valence-corrected chi connectivity index (χ4v) is 7.61. The third-order valence-corrected chi connectivity index (χ3v) is 8.60. The van der Waals surface area contributed by atoms with Gasteiger partial charge in [0, 0.05) is 37.5 Å². The Morgan fingerprint density at radius 1 is 1.16 bits per heavy atom. The summed E-state index contributed by atoms with van der Waals surface area (Å²) in [6.07, 6.45) is 0.154. The zero-order valence-corrected chi connectivity index (χ0v) is 17.5. The quantitative estimate of drug-likeness (QED) is 0.478. The third-order valence-electron chi connectivity index (χ3n) is 6.73. The summed E-state index contributed by atoms with van der Waals surface area (Å²) in [5.74, 6) is -2.09. The van der Waals surface area contributed by atoms with E-state index in [0.29, 0.717) is 18.7 Å². The van der Waals surface area contributed by atoms with E-state index in [-0.39, 0.29) is 47.9 Å². The van der Waals surface area contributed by atoms with Crippen LogP contribution in [0.25, 0.3) is 0 Å². The van der Waals surface area contributed by atoms with Gasteiger partial charge in [-0.25, -0.2) is 8.42 Å². The van der Waals surface area contributed by atoms with Crippen molar-refractivity contribution >= 4 is 33.5 Å². The number of piperidine rings is 1. The maximum atomic E-state index is 13.2. The first-order valence-electron chi connectivity index (χ1n) is 10.2. The highest BCUT2D eigenvalue weighted by atomic mass is 32.2. The van der Waals surface area contributed by atoms with Gasteiger partial charge in [0.15, 0.2) is 9.84 Å². The lowest BCUT2D eigenvalue weighted by molar-refractivity contribution is -0.136. The molecule has 3 atom stereocenters. The van der Waals surface area contributed by atoms with Crippen molar-refractivity contribution in [1.82, 2.24) is 20.9 Å². The first kappa shape index (κ1) is 20.3. The predicted octanol–water partition coefficient (Wildman–Crippen LogP) is -1.44. The molecule has 5 rings (SSSR count). The molecule has 3 fully saturated rings. The van der Waals surface area contributed by atoms with Crippen LogP contribution in [0, 0.1) is 5.92 Å². The van der Waals surface area contributed by atoms with Crippen LogP contribution in [0.3, 0.4) is 0 Å². The SMILES string of the molecule is O=C1CCC(N2C(=O)c3cccc(CN[C@]45CNC[C@H]4CS(=O)(=O)C5)c3C2=O)C(=O)N1. The van der Waals surface area contributed by atoms with Gasteiger partial charge < -0.3 is 10.6 Å². The predicted molar refractivity (Wildman–Crippen MR) is 108 cm³/mol. The molecule has 0 spiro atoms. The van der Waals surface area contributed by atoms with Crippen LogP contribution in [0.4, 0.5) is 0 Å². The number of nitrogens with one attached hydrogen (secondary N) is 3. The molecule has 0 bridgehead atoms. The van der Waals surface area contributed by atoms with E-state index in [0.717, 1.165) is 4.90 Å². The second kappa shape index (κ2) is 6.94. The van der Waals surface area contributed by atoms with Gasteiger partial charge in [-0.1, -0.05) is 12.1 Å². The van der Waals surface area contributed by atoms with Crippen molar-refractivity contribution < 1.29 is 27.6 Å². The second-order valence-electron chi connectivity index (χ2n) is 8.68. The molecule has 1 unspecified atom stereocenters. The van der Waals surface area contributed by atoms with E-state index in [9.17, 15) is 27.6 Å². The number of imide groups is 2. The molecule has 0 aliphatic carbocycles. The van der Waals surface area contributed by atoms with Crippen molar-refractivity contribution in [3.63, 3.8) is 0 Å². The first-order chi connectivity index (χ1) is 14.7. The van der Waals surface area contributed by atoms with Crippen molar-refractivity contribution in [2.24, 2.45) is 5.92 Å². The summed E-state index contributed by atoms with van der Waals surface area (Å²) in [5.41, 5.74) is 0.419. The lowest BCUT2D eigenvalue weighted by Crippen LogP contribution is -2.54. The number of carbonyl (C=O) groups excluding carboxylic acids is 4. The van der Waals surface area contributed by atoms with Crippen LogP contribution in [0.2, 0.25) is 0 Å². The highest BCUT2D eigenvalue weighted by molar-refractivity contribution is 7.91. The number of nitrogens with zero attached hydrogens (tertiary/aromatic N) is 1. The Morgan fingerprint density at radius 2 is 1.97 bits per heavy atom. The average molecular weight is 446 g/mol. The fourth-order valence-electron chi connectivity index (χ4n) is 5.22. The Labute approximate surface area is 178 Å². The van der Waals surface area contributed by atoms with Crippen LogP contribution in [0.15, 0.2) is 18.2 Å². The maximum absolute atomic E-state index is 13.2. The van der Waals surface area contributed by atoms with Crippen molar-refractivity contribution in [2.75, 3.05) is 24.6 Å². The van der Waals surface area contributed by atoms with Gasteiger partial charge in [0.1, 0.15) is 6.04 Å². The number of hydrogen-bond acceptors (Lipinski definition) is 8. The monoisotopic (exact) mass is 446 g/mol. The molecule has 11 heteroatoms. The molecule has 0 aromatic heterocycles. The third kappa shape index (κ3) is 3.19. The van der Waals surface area contributed by atoms with E-state index in [1.165, 1.54) is 0 Å². The molecule has 4 aliphatic heterocycles. The van der Waals surface area contributed by atoms with E-state index in [1.807, 2.05) is 0 Å². The molecule has 1 aromatic rings. The number of rotatable bonds is 4. The lowest BCUT2D eigenvalue weighted by Gasteiger charge is -2.29. The molecule has 164 valence electrons. The molecule has 0 saturated carbocycles.